The molecule has 0 fully saturated rings. The van der Waals surface area contributed by atoms with Crippen LogP contribution in [0, 0.1) is 19.8 Å². The van der Waals surface area contributed by atoms with E-state index in [4.69, 9.17) is 0 Å². The van der Waals surface area contributed by atoms with Crippen LogP contribution in [0.3, 0.4) is 0 Å². The Hall–Kier alpha value is -2.96. The van der Waals surface area contributed by atoms with Gasteiger partial charge in [-0.1, -0.05) is 26.0 Å². The van der Waals surface area contributed by atoms with Gasteiger partial charge >= 0.3 is 0 Å². The molecule has 0 radical (unpaired) electrons. The molecule has 0 bridgehead atoms. The molecule has 3 rings (SSSR count). The molecule has 0 saturated carbocycles. The topological polar surface area (TPSA) is 81.8 Å². The summed E-state index contributed by atoms with van der Waals surface area (Å²) < 4.78 is 3.07. The average molecular weight is 353 g/mol. The van der Waals surface area contributed by atoms with Crippen LogP contribution in [0.15, 0.2) is 35.4 Å². The number of aromatic nitrogens is 4. The Balaban J connectivity index is 1.81. The molecular weight excluding hydrogens is 330 g/mol. The Labute approximate surface area is 151 Å². The Morgan fingerprint density at radius 3 is 2.69 bits per heavy atom. The smallest absolute Gasteiger partial charge is 0.273 e. The summed E-state index contributed by atoms with van der Waals surface area (Å²) in [7, 11) is 0. The minimum atomic E-state index is -0.298. The summed E-state index contributed by atoms with van der Waals surface area (Å²) in [5.41, 5.74) is 5.63. The summed E-state index contributed by atoms with van der Waals surface area (Å²) >= 11 is 0. The average Bonchev–Trinajstić information content (AvgIpc) is 2.84. The minimum absolute atomic E-state index is 0.162. The van der Waals surface area contributed by atoms with Gasteiger partial charge in [0.15, 0.2) is 0 Å². The largest absolute Gasteiger partial charge is 0.280 e. The lowest BCUT2D eigenvalue weighted by Gasteiger charge is -2.10. The number of hydrogen-bond acceptors (Lipinski definition) is 4. The van der Waals surface area contributed by atoms with Crippen molar-refractivity contribution >= 4 is 16.8 Å². The minimum Gasteiger partial charge on any atom is -0.273 e. The molecule has 7 nitrogen and oxygen atoms in total. The van der Waals surface area contributed by atoms with E-state index in [1.54, 1.807) is 18.2 Å². The van der Waals surface area contributed by atoms with Crippen LogP contribution in [-0.4, -0.2) is 25.3 Å². The van der Waals surface area contributed by atoms with Crippen molar-refractivity contribution in [3.05, 3.63) is 57.9 Å². The van der Waals surface area contributed by atoms with Crippen LogP contribution in [0.4, 0.5) is 0 Å². The maximum Gasteiger partial charge on any atom is 0.280 e. The van der Waals surface area contributed by atoms with E-state index in [9.17, 15) is 9.59 Å². The number of rotatable bonds is 5. The maximum absolute atomic E-state index is 12.5. The molecule has 26 heavy (non-hydrogen) atoms. The summed E-state index contributed by atoms with van der Waals surface area (Å²) in [6.45, 7) is 8.93. The molecule has 1 N–H and O–H groups in total. The van der Waals surface area contributed by atoms with Crippen LogP contribution in [0.5, 0.6) is 0 Å². The van der Waals surface area contributed by atoms with Gasteiger partial charge in [0.05, 0.1) is 23.0 Å². The van der Waals surface area contributed by atoms with E-state index >= 15 is 0 Å². The summed E-state index contributed by atoms with van der Waals surface area (Å²) in [6, 6.07) is 7.04. The van der Waals surface area contributed by atoms with Gasteiger partial charge in [-0.2, -0.15) is 5.10 Å². The lowest BCUT2D eigenvalue weighted by atomic mass is 10.1. The van der Waals surface area contributed by atoms with Gasteiger partial charge in [0.1, 0.15) is 6.33 Å². The van der Waals surface area contributed by atoms with Crippen molar-refractivity contribution in [2.45, 2.75) is 40.7 Å². The number of amides is 1. The van der Waals surface area contributed by atoms with Crippen molar-refractivity contribution in [3.63, 3.8) is 0 Å². The summed E-state index contributed by atoms with van der Waals surface area (Å²) in [4.78, 5) is 29.1. The first kappa shape index (κ1) is 17.8. The molecule has 0 aliphatic rings. The predicted molar refractivity (Wildman–Crippen MR) is 101 cm³/mol. The fourth-order valence-electron chi connectivity index (χ4n) is 3.00. The highest BCUT2D eigenvalue weighted by Gasteiger charge is 2.16. The second kappa shape index (κ2) is 7.11. The monoisotopic (exact) mass is 353 g/mol. The van der Waals surface area contributed by atoms with E-state index in [1.165, 1.54) is 6.33 Å². The Kier molecular flexibility index (Phi) is 4.88. The quantitative estimate of drug-likeness (QED) is 0.762. The van der Waals surface area contributed by atoms with Crippen molar-refractivity contribution < 1.29 is 4.79 Å². The van der Waals surface area contributed by atoms with E-state index in [0.717, 1.165) is 28.2 Å². The lowest BCUT2D eigenvalue weighted by molar-refractivity contribution is -0.116. The van der Waals surface area contributed by atoms with E-state index in [1.807, 2.05) is 24.6 Å². The Bertz CT molecular complexity index is 1020. The van der Waals surface area contributed by atoms with Gasteiger partial charge in [-0.15, -0.1) is 0 Å². The molecule has 3 aromatic rings. The van der Waals surface area contributed by atoms with Gasteiger partial charge in [0.2, 0.25) is 5.91 Å². The number of benzene rings is 1. The molecule has 0 spiro atoms. The first-order chi connectivity index (χ1) is 12.4. The third kappa shape index (κ3) is 3.51. The van der Waals surface area contributed by atoms with Gasteiger partial charge in [-0.3, -0.25) is 19.7 Å². The van der Waals surface area contributed by atoms with Crippen molar-refractivity contribution in [1.29, 1.82) is 0 Å². The number of para-hydroxylation sites is 1. The molecule has 2 heterocycles. The highest BCUT2D eigenvalue weighted by molar-refractivity contribution is 5.86. The second-order valence-electron chi connectivity index (χ2n) is 6.87. The summed E-state index contributed by atoms with van der Waals surface area (Å²) in [5.74, 6) is 0.191. The number of hydrogen-bond donors (Lipinski definition) is 1. The highest BCUT2D eigenvalue weighted by atomic mass is 16.2. The number of nitrogens with zero attached hydrogens (tertiary/aromatic N) is 4. The molecule has 1 amide bonds. The Morgan fingerprint density at radius 1 is 1.23 bits per heavy atom. The molecule has 0 aliphatic carbocycles. The van der Waals surface area contributed by atoms with Gasteiger partial charge in [-0.25, -0.2) is 9.66 Å². The first-order valence-electron chi connectivity index (χ1n) is 8.66. The van der Waals surface area contributed by atoms with Crippen LogP contribution in [0.2, 0.25) is 0 Å². The van der Waals surface area contributed by atoms with Crippen LogP contribution >= 0.6 is 0 Å². The summed E-state index contributed by atoms with van der Waals surface area (Å²) in [5, 5.41) is 4.99. The van der Waals surface area contributed by atoms with Crippen molar-refractivity contribution in [2.75, 3.05) is 5.43 Å². The van der Waals surface area contributed by atoms with Gasteiger partial charge in [-0.05, 0) is 31.9 Å². The van der Waals surface area contributed by atoms with Gasteiger partial charge in [0.25, 0.3) is 5.56 Å². The second-order valence-corrected chi connectivity index (χ2v) is 6.87. The van der Waals surface area contributed by atoms with E-state index in [0.29, 0.717) is 16.8 Å². The number of carbonyl (C=O) groups excluding carboxylic acids is 1. The molecule has 136 valence electrons. The van der Waals surface area contributed by atoms with E-state index in [-0.39, 0.29) is 17.9 Å². The normalized spacial score (nSPS) is 11.3. The molecule has 1 aromatic carbocycles. The standard InChI is InChI=1S/C19H23N5O2/c1-12(2)10-23-14(4)16(13(3)21-23)9-18(25)22-24-11-20-17-8-6-5-7-15(17)19(24)26/h5-8,11-12H,9-10H2,1-4H3,(H,22,25). The molecule has 0 unspecified atom stereocenters. The van der Waals surface area contributed by atoms with Crippen LogP contribution in [0.25, 0.3) is 10.9 Å². The van der Waals surface area contributed by atoms with E-state index in [2.05, 4.69) is 29.4 Å². The predicted octanol–water partition coefficient (Wildman–Crippen LogP) is 2.18. The van der Waals surface area contributed by atoms with Crippen LogP contribution < -0.4 is 11.0 Å². The first-order valence-corrected chi connectivity index (χ1v) is 8.66. The van der Waals surface area contributed by atoms with Gasteiger partial charge in [0, 0.05) is 17.8 Å². The molecular formula is C19H23N5O2. The summed E-state index contributed by atoms with van der Waals surface area (Å²) in [6.07, 6.45) is 1.50. The van der Waals surface area contributed by atoms with E-state index < -0.39 is 0 Å². The third-order valence-electron chi connectivity index (χ3n) is 4.32. The van der Waals surface area contributed by atoms with Crippen LogP contribution in [-0.2, 0) is 17.8 Å². The SMILES string of the molecule is Cc1nn(CC(C)C)c(C)c1CC(=O)Nn1cnc2ccccc2c1=O. The fourth-order valence-corrected chi connectivity index (χ4v) is 3.00. The zero-order valence-electron chi connectivity index (χ0n) is 15.5. The molecule has 0 aliphatic heterocycles. The zero-order valence-corrected chi connectivity index (χ0v) is 15.5. The lowest BCUT2D eigenvalue weighted by Crippen LogP contribution is -2.34. The van der Waals surface area contributed by atoms with Gasteiger partial charge < -0.3 is 0 Å². The number of aryl methyl sites for hydroxylation is 1. The van der Waals surface area contributed by atoms with Crippen molar-refractivity contribution in [2.24, 2.45) is 5.92 Å². The number of carbonyl (C=O) groups is 1. The third-order valence-corrected chi connectivity index (χ3v) is 4.32. The Morgan fingerprint density at radius 2 is 1.96 bits per heavy atom. The molecule has 0 atom stereocenters. The highest BCUT2D eigenvalue weighted by Crippen LogP contribution is 2.15. The number of fused-ring (bicyclic) bond motifs is 1. The van der Waals surface area contributed by atoms with Crippen LogP contribution in [0.1, 0.15) is 30.8 Å². The zero-order chi connectivity index (χ0) is 18.8. The molecule has 2 aromatic heterocycles. The molecule has 0 saturated heterocycles. The maximum atomic E-state index is 12.5. The molecule has 7 heteroatoms. The fraction of sp³-hybridized carbons (Fsp3) is 0.368. The number of nitrogens with one attached hydrogen (secondary N) is 1. The van der Waals surface area contributed by atoms with Crippen molar-refractivity contribution in [3.8, 4) is 0 Å². The van der Waals surface area contributed by atoms with Crippen molar-refractivity contribution in [1.82, 2.24) is 19.4 Å².